The van der Waals surface area contributed by atoms with Crippen LogP contribution >= 0.6 is 0 Å². The molecule has 0 spiro atoms. The van der Waals surface area contributed by atoms with Gasteiger partial charge in [0, 0.05) is 6.54 Å². The van der Waals surface area contributed by atoms with E-state index in [9.17, 15) is 4.79 Å². The Morgan fingerprint density at radius 3 is 3.00 bits per heavy atom. The Kier molecular flexibility index (Phi) is 1.77. The maximum atomic E-state index is 11.1. The first-order valence-electron chi connectivity index (χ1n) is 4.00. The van der Waals surface area contributed by atoms with Crippen LogP contribution in [0.2, 0.25) is 0 Å². The normalized spacial score (nSPS) is 21.8. The number of nitrogens with zero attached hydrogens (tertiary/aromatic N) is 3. The molecule has 2 heterocycles. The predicted octanol–water partition coefficient (Wildman–Crippen LogP) is -0.952. The number of β-lactam (4-membered cyclic amide) rings is 1. The molecule has 0 aliphatic carbocycles. The first-order chi connectivity index (χ1) is 6.16. The topological polar surface area (TPSA) is 85.3 Å². The van der Waals surface area contributed by atoms with Gasteiger partial charge in [-0.05, 0) is 6.92 Å². The van der Waals surface area contributed by atoms with Crippen molar-refractivity contribution in [1.82, 2.24) is 15.0 Å². The fraction of sp³-hybridized carbons (Fsp3) is 0.571. The van der Waals surface area contributed by atoms with Crippen molar-refractivity contribution in [2.24, 2.45) is 5.73 Å². The SMILES string of the molecule is Cc1noc(CN2CC(N)C2=O)n1. The second-order valence-electron chi connectivity index (χ2n) is 3.06. The smallest absolute Gasteiger partial charge is 0.246 e. The van der Waals surface area contributed by atoms with Gasteiger partial charge in [0.1, 0.15) is 12.6 Å². The summed E-state index contributed by atoms with van der Waals surface area (Å²) in [5.41, 5.74) is 5.41. The molecule has 0 saturated carbocycles. The van der Waals surface area contributed by atoms with E-state index in [4.69, 9.17) is 10.3 Å². The summed E-state index contributed by atoms with van der Waals surface area (Å²) < 4.78 is 4.86. The van der Waals surface area contributed by atoms with Crippen LogP contribution in [0.1, 0.15) is 11.7 Å². The molecule has 13 heavy (non-hydrogen) atoms. The van der Waals surface area contributed by atoms with Crippen molar-refractivity contribution in [2.75, 3.05) is 6.54 Å². The van der Waals surface area contributed by atoms with Crippen LogP contribution in [0.25, 0.3) is 0 Å². The standard InChI is InChI=1S/C7H10N4O2/c1-4-9-6(13-10-4)3-11-2-5(8)7(11)12/h5H,2-3,8H2,1H3. The van der Waals surface area contributed by atoms with E-state index in [1.165, 1.54) is 0 Å². The van der Waals surface area contributed by atoms with Crippen LogP contribution in [0.15, 0.2) is 4.52 Å². The van der Waals surface area contributed by atoms with Crippen molar-refractivity contribution in [2.45, 2.75) is 19.5 Å². The molecule has 1 atom stereocenters. The molecule has 1 saturated heterocycles. The molecule has 1 fully saturated rings. The lowest BCUT2D eigenvalue weighted by Crippen LogP contribution is -2.60. The summed E-state index contributed by atoms with van der Waals surface area (Å²) in [7, 11) is 0. The summed E-state index contributed by atoms with van der Waals surface area (Å²) >= 11 is 0. The molecule has 70 valence electrons. The van der Waals surface area contributed by atoms with Crippen LogP contribution in [0.5, 0.6) is 0 Å². The third-order valence-electron chi connectivity index (χ3n) is 1.94. The van der Waals surface area contributed by atoms with Crippen molar-refractivity contribution < 1.29 is 9.32 Å². The lowest BCUT2D eigenvalue weighted by atomic mass is 10.1. The highest BCUT2D eigenvalue weighted by Gasteiger charge is 2.34. The van der Waals surface area contributed by atoms with Gasteiger partial charge in [0.15, 0.2) is 5.82 Å². The number of carbonyl (C=O) groups is 1. The second-order valence-corrected chi connectivity index (χ2v) is 3.06. The van der Waals surface area contributed by atoms with E-state index in [0.29, 0.717) is 24.8 Å². The van der Waals surface area contributed by atoms with Crippen molar-refractivity contribution in [3.05, 3.63) is 11.7 Å². The van der Waals surface area contributed by atoms with Gasteiger partial charge in [0.25, 0.3) is 0 Å². The Hall–Kier alpha value is -1.43. The van der Waals surface area contributed by atoms with Gasteiger partial charge >= 0.3 is 0 Å². The quantitative estimate of drug-likeness (QED) is 0.596. The van der Waals surface area contributed by atoms with Crippen LogP contribution in [0.3, 0.4) is 0 Å². The van der Waals surface area contributed by atoms with Crippen molar-refractivity contribution >= 4 is 5.91 Å². The van der Waals surface area contributed by atoms with Gasteiger partial charge < -0.3 is 15.2 Å². The lowest BCUT2D eigenvalue weighted by molar-refractivity contribution is -0.143. The number of amides is 1. The molecule has 1 aliphatic heterocycles. The average Bonchev–Trinajstić information content (AvgIpc) is 2.50. The average molecular weight is 182 g/mol. The summed E-state index contributed by atoms with van der Waals surface area (Å²) in [5, 5.41) is 3.62. The highest BCUT2D eigenvalue weighted by atomic mass is 16.5. The highest BCUT2D eigenvalue weighted by molar-refractivity contribution is 5.87. The van der Waals surface area contributed by atoms with Crippen molar-refractivity contribution in [3.8, 4) is 0 Å². The summed E-state index contributed by atoms with van der Waals surface area (Å²) in [4.78, 5) is 16.6. The number of nitrogens with two attached hydrogens (primary N) is 1. The first-order valence-corrected chi connectivity index (χ1v) is 4.00. The molecule has 1 aromatic heterocycles. The van der Waals surface area contributed by atoms with E-state index in [-0.39, 0.29) is 11.9 Å². The lowest BCUT2D eigenvalue weighted by Gasteiger charge is -2.34. The van der Waals surface area contributed by atoms with Gasteiger partial charge in [0.05, 0.1) is 0 Å². The van der Waals surface area contributed by atoms with Gasteiger partial charge in [0.2, 0.25) is 11.8 Å². The number of likely N-dealkylation sites (tertiary alicyclic amines) is 1. The molecule has 1 aromatic rings. The van der Waals surface area contributed by atoms with Crippen LogP contribution in [0, 0.1) is 6.92 Å². The van der Waals surface area contributed by atoms with Gasteiger partial charge in [-0.25, -0.2) is 0 Å². The third kappa shape index (κ3) is 1.40. The minimum atomic E-state index is -0.344. The molecule has 0 bridgehead atoms. The van der Waals surface area contributed by atoms with E-state index < -0.39 is 0 Å². The van der Waals surface area contributed by atoms with Crippen molar-refractivity contribution in [1.29, 1.82) is 0 Å². The summed E-state index contributed by atoms with van der Waals surface area (Å²) in [5.74, 6) is 0.973. The van der Waals surface area contributed by atoms with Gasteiger partial charge in [-0.15, -0.1) is 0 Å². The van der Waals surface area contributed by atoms with Gasteiger partial charge in [-0.3, -0.25) is 4.79 Å². The van der Waals surface area contributed by atoms with E-state index in [2.05, 4.69) is 10.1 Å². The molecular formula is C7H10N4O2. The van der Waals surface area contributed by atoms with Crippen molar-refractivity contribution in [3.63, 3.8) is 0 Å². The van der Waals surface area contributed by atoms with Crippen LogP contribution < -0.4 is 5.73 Å². The Morgan fingerprint density at radius 2 is 2.54 bits per heavy atom. The number of aryl methyl sites for hydroxylation is 1. The number of carbonyl (C=O) groups excluding carboxylic acids is 1. The summed E-state index contributed by atoms with van der Waals surface area (Å²) in [6.07, 6.45) is 0. The Labute approximate surface area is 74.7 Å². The van der Waals surface area contributed by atoms with E-state index in [1.807, 2.05) is 0 Å². The van der Waals surface area contributed by atoms with Crippen LogP contribution in [-0.2, 0) is 11.3 Å². The molecule has 0 radical (unpaired) electrons. The summed E-state index contributed by atoms with van der Waals surface area (Å²) in [6.45, 7) is 2.67. The molecule has 1 amide bonds. The fourth-order valence-corrected chi connectivity index (χ4v) is 1.24. The zero-order chi connectivity index (χ0) is 9.42. The van der Waals surface area contributed by atoms with Crippen LogP contribution in [0.4, 0.5) is 0 Å². The molecule has 6 nitrogen and oxygen atoms in total. The number of aromatic nitrogens is 2. The fourth-order valence-electron chi connectivity index (χ4n) is 1.24. The van der Waals surface area contributed by atoms with E-state index in [1.54, 1.807) is 11.8 Å². The summed E-state index contributed by atoms with van der Waals surface area (Å²) in [6, 6.07) is -0.344. The molecular weight excluding hydrogens is 172 g/mol. The van der Waals surface area contributed by atoms with Gasteiger partial charge in [-0.1, -0.05) is 5.16 Å². The maximum absolute atomic E-state index is 11.1. The molecule has 2 N–H and O–H groups in total. The Balaban J connectivity index is 1.96. The molecule has 1 unspecified atom stereocenters. The zero-order valence-corrected chi connectivity index (χ0v) is 7.23. The third-order valence-corrected chi connectivity index (χ3v) is 1.94. The van der Waals surface area contributed by atoms with E-state index in [0.717, 1.165) is 0 Å². The number of hydrogen-bond acceptors (Lipinski definition) is 5. The number of rotatable bonds is 2. The Morgan fingerprint density at radius 1 is 1.77 bits per heavy atom. The van der Waals surface area contributed by atoms with E-state index >= 15 is 0 Å². The molecule has 1 aliphatic rings. The van der Waals surface area contributed by atoms with Crippen LogP contribution in [-0.4, -0.2) is 33.5 Å². The first kappa shape index (κ1) is 8.18. The predicted molar refractivity (Wildman–Crippen MR) is 42.4 cm³/mol. The molecule has 2 rings (SSSR count). The zero-order valence-electron chi connectivity index (χ0n) is 7.23. The maximum Gasteiger partial charge on any atom is 0.246 e. The Bertz CT molecular complexity index is 335. The largest absolute Gasteiger partial charge is 0.337 e. The number of hydrogen-bond donors (Lipinski definition) is 1. The second kappa shape index (κ2) is 2.81. The molecule has 6 heteroatoms. The minimum Gasteiger partial charge on any atom is -0.337 e. The minimum absolute atomic E-state index is 0.0594. The van der Waals surface area contributed by atoms with Gasteiger partial charge in [-0.2, -0.15) is 4.98 Å². The molecule has 0 aromatic carbocycles. The highest BCUT2D eigenvalue weighted by Crippen LogP contribution is 2.11. The monoisotopic (exact) mass is 182 g/mol.